The van der Waals surface area contributed by atoms with E-state index in [9.17, 15) is 24.2 Å². The van der Waals surface area contributed by atoms with E-state index >= 15 is 0 Å². The number of rotatable bonds is 7. The highest BCUT2D eigenvalue weighted by molar-refractivity contribution is 7.70. The fourth-order valence-corrected chi connectivity index (χ4v) is 9.06. The Morgan fingerprint density at radius 2 is 1.90 bits per heavy atom. The molecule has 1 aromatic carbocycles. The molecule has 1 spiro atoms. The Hall–Kier alpha value is -1.96. The van der Waals surface area contributed by atoms with Crippen LogP contribution in [0.1, 0.15) is 36.6 Å². The first-order chi connectivity index (χ1) is 19.4. The molecule has 2 aliphatic heterocycles. The standard InChI is InChI=1S/C24H30ClN5O9P2/c25-23-27-20(29-9-8-24(11-29)7-3-5-14-4-1-2-6-15(14)24)17-21(28-23)30(12-26-17)22-19(32)18(31)16(39-22)10-38-41(36,37)13-40(33,34)35/h1-2,4,6,12,16,18-19,22,31-32H,3,5,7-11,13H2,(H,36,37)(H2,33,34,35)/t16-,18?,19+,22-,24?/m1/s1. The Morgan fingerprint density at radius 1 is 1.12 bits per heavy atom. The molecule has 2 saturated heterocycles. The second-order valence-corrected chi connectivity index (χ2v) is 15.2. The smallest absolute Gasteiger partial charge is 0.340 e. The maximum absolute atomic E-state index is 12.0. The number of benzene rings is 1. The summed E-state index contributed by atoms with van der Waals surface area (Å²) in [6.07, 6.45) is 0.0135. The maximum atomic E-state index is 12.0. The van der Waals surface area contributed by atoms with Crippen molar-refractivity contribution >= 4 is 43.8 Å². The molecule has 222 valence electrons. The van der Waals surface area contributed by atoms with Gasteiger partial charge < -0.3 is 39.1 Å². The van der Waals surface area contributed by atoms with Crippen molar-refractivity contribution in [3.63, 3.8) is 0 Å². The first kappa shape index (κ1) is 29.1. The van der Waals surface area contributed by atoms with Crippen molar-refractivity contribution in [1.82, 2.24) is 19.5 Å². The summed E-state index contributed by atoms with van der Waals surface area (Å²) >= 11 is 6.36. The van der Waals surface area contributed by atoms with Gasteiger partial charge in [-0.2, -0.15) is 9.97 Å². The third kappa shape index (κ3) is 5.59. The number of aliphatic hydroxyl groups is 2. The summed E-state index contributed by atoms with van der Waals surface area (Å²) in [5.41, 5.74) is 3.43. The molecule has 0 saturated carbocycles. The van der Waals surface area contributed by atoms with Gasteiger partial charge in [0.1, 0.15) is 18.3 Å². The van der Waals surface area contributed by atoms with Gasteiger partial charge in [-0.15, -0.1) is 0 Å². The van der Waals surface area contributed by atoms with Crippen molar-refractivity contribution in [3.8, 4) is 0 Å². The van der Waals surface area contributed by atoms with Gasteiger partial charge in [0, 0.05) is 18.5 Å². The van der Waals surface area contributed by atoms with Crippen LogP contribution in [0.25, 0.3) is 11.2 Å². The molecule has 0 amide bonds. The van der Waals surface area contributed by atoms with Crippen molar-refractivity contribution in [2.75, 3.05) is 30.5 Å². The molecule has 3 unspecified atom stereocenters. The Labute approximate surface area is 239 Å². The highest BCUT2D eigenvalue weighted by Crippen LogP contribution is 2.55. The van der Waals surface area contributed by atoms with E-state index in [0.717, 1.165) is 38.8 Å². The third-order valence-electron chi connectivity index (χ3n) is 8.13. The summed E-state index contributed by atoms with van der Waals surface area (Å²) in [6.45, 7) is 0.767. The molecule has 17 heteroatoms. The lowest BCUT2D eigenvalue weighted by atomic mass is 9.69. The highest BCUT2D eigenvalue weighted by atomic mass is 35.5. The zero-order valence-electron chi connectivity index (χ0n) is 21.7. The second kappa shape index (κ2) is 10.6. The van der Waals surface area contributed by atoms with Gasteiger partial charge in [-0.3, -0.25) is 13.7 Å². The average molecular weight is 630 g/mol. The van der Waals surface area contributed by atoms with Gasteiger partial charge in [0.15, 0.2) is 29.1 Å². The molecule has 3 aromatic rings. The van der Waals surface area contributed by atoms with E-state index < -0.39 is 52.2 Å². The molecule has 2 aromatic heterocycles. The van der Waals surface area contributed by atoms with Gasteiger partial charge in [-0.1, -0.05) is 24.3 Å². The molecule has 41 heavy (non-hydrogen) atoms. The predicted molar refractivity (Wildman–Crippen MR) is 147 cm³/mol. The number of ether oxygens (including phenoxy) is 1. The Kier molecular flexibility index (Phi) is 7.56. The fourth-order valence-electron chi connectivity index (χ4n) is 6.33. The van der Waals surface area contributed by atoms with Crippen LogP contribution in [0, 0.1) is 0 Å². The van der Waals surface area contributed by atoms with Crippen molar-refractivity contribution < 1.29 is 43.3 Å². The molecule has 6 atom stereocenters. The zero-order valence-corrected chi connectivity index (χ0v) is 24.3. The van der Waals surface area contributed by atoms with Crippen molar-refractivity contribution in [3.05, 3.63) is 47.0 Å². The lowest BCUT2D eigenvalue weighted by Gasteiger charge is -2.36. The third-order valence-corrected chi connectivity index (χ3v) is 11.8. The topological polar surface area (TPSA) is 201 Å². The number of imidazole rings is 1. The SMILES string of the molecule is O=P(O)(O)CP(=O)(O)OC[C@H]1O[C@@H](n2cnc3c(N4CCC5(CCCc6ccccc65)C4)nc(Cl)nc32)[C@@H](O)C1O. The van der Waals surface area contributed by atoms with Crippen LogP contribution in [0.5, 0.6) is 0 Å². The lowest BCUT2D eigenvalue weighted by molar-refractivity contribution is -0.0483. The molecule has 6 rings (SSSR count). The van der Waals surface area contributed by atoms with Crippen molar-refractivity contribution in [2.24, 2.45) is 0 Å². The summed E-state index contributed by atoms with van der Waals surface area (Å²) in [6, 6.07) is 8.55. The Bertz CT molecular complexity index is 1570. The van der Waals surface area contributed by atoms with E-state index in [0.29, 0.717) is 11.3 Å². The quantitative estimate of drug-likeness (QED) is 0.188. The molecule has 0 bridgehead atoms. The zero-order chi connectivity index (χ0) is 29.2. The molecule has 0 radical (unpaired) electrons. The maximum Gasteiger partial charge on any atom is 0.340 e. The Balaban J connectivity index is 1.25. The van der Waals surface area contributed by atoms with Crippen LogP contribution in [-0.4, -0.2) is 88.3 Å². The van der Waals surface area contributed by atoms with Crippen LogP contribution >= 0.6 is 26.8 Å². The minimum Gasteiger partial charge on any atom is -0.387 e. The number of aromatic nitrogens is 4. The minimum absolute atomic E-state index is 0.00478. The van der Waals surface area contributed by atoms with Crippen LogP contribution in [0.3, 0.4) is 0 Å². The van der Waals surface area contributed by atoms with Crippen LogP contribution in [0.4, 0.5) is 5.82 Å². The molecule has 4 heterocycles. The van der Waals surface area contributed by atoms with Gasteiger partial charge in [0.2, 0.25) is 5.28 Å². The van der Waals surface area contributed by atoms with Gasteiger partial charge >= 0.3 is 15.2 Å². The molecular formula is C24H30ClN5O9P2. The van der Waals surface area contributed by atoms with Crippen LogP contribution < -0.4 is 4.90 Å². The summed E-state index contributed by atoms with van der Waals surface area (Å²) in [7, 11) is -9.53. The molecule has 5 N–H and O–H groups in total. The number of aryl methyl sites for hydroxylation is 1. The summed E-state index contributed by atoms with van der Waals surface area (Å²) < 4.78 is 35.1. The number of aliphatic hydroxyl groups excluding tert-OH is 2. The Morgan fingerprint density at radius 3 is 2.68 bits per heavy atom. The first-order valence-corrected chi connectivity index (χ1v) is 17.1. The normalized spacial score (nSPS) is 29.8. The predicted octanol–water partition coefficient (Wildman–Crippen LogP) is 1.92. The van der Waals surface area contributed by atoms with Gasteiger partial charge in [0.05, 0.1) is 12.9 Å². The number of anilines is 1. The van der Waals surface area contributed by atoms with E-state index in [2.05, 4.69) is 44.1 Å². The molecule has 14 nitrogen and oxygen atoms in total. The van der Waals surface area contributed by atoms with Crippen LogP contribution in [0.2, 0.25) is 5.28 Å². The monoisotopic (exact) mass is 629 g/mol. The lowest BCUT2D eigenvalue weighted by Crippen LogP contribution is -2.35. The summed E-state index contributed by atoms with van der Waals surface area (Å²) in [5, 5.41) is 21.3. The molecule has 3 aliphatic rings. The van der Waals surface area contributed by atoms with E-state index in [4.69, 9.17) is 30.6 Å². The number of fused-ring (bicyclic) bond motifs is 3. The van der Waals surface area contributed by atoms with E-state index in [-0.39, 0.29) is 16.3 Å². The van der Waals surface area contributed by atoms with E-state index in [1.165, 1.54) is 22.0 Å². The second-order valence-electron chi connectivity index (χ2n) is 10.9. The molecule has 2 fully saturated rings. The summed E-state index contributed by atoms with van der Waals surface area (Å²) in [5.74, 6) is -0.840. The minimum atomic E-state index is -4.83. The van der Waals surface area contributed by atoms with Crippen molar-refractivity contribution in [2.45, 2.75) is 55.6 Å². The van der Waals surface area contributed by atoms with Crippen molar-refractivity contribution in [1.29, 1.82) is 0 Å². The molecular weight excluding hydrogens is 600 g/mol. The number of hydrogen-bond acceptors (Lipinski definition) is 10. The number of hydrogen-bond donors (Lipinski definition) is 5. The molecule has 1 aliphatic carbocycles. The van der Waals surface area contributed by atoms with Gasteiger partial charge in [-0.25, -0.2) is 4.98 Å². The number of nitrogens with zero attached hydrogens (tertiary/aromatic N) is 5. The highest BCUT2D eigenvalue weighted by Gasteiger charge is 2.47. The largest absolute Gasteiger partial charge is 0.387 e. The first-order valence-electron chi connectivity index (χ1n) is 13.1. The number of halogens is 1. The van der Waals surface area contributed by atoms with E-state index in [1.807, 2.05) is 0 Å². The average Bonchev–Trinajstić information content (AvgIpc) is 3.58. The summed E-state index contributed by atoms with van der Waals surface area (Å²) in [4.78, 5) is 43.2. The van der Waals surface area contributed by atoms with Crippen LogP contribution in [-0.2, 0) is 30.2 Å². The van der Waals surface area contributed by atoms with E-state index in [1.54, 1.807) is 0 Å². The van der Waals surface area contributed by atoms with Gasteiger partial charge in [-0.05, 0) is 48.4 Å². The van der Waals surface area contributed by atoms with Gasteiger partial charge in [0.25, 0.3) is 0 Å². The fraction of sp³-hybridized carbons (Fsp3) is 0.542. The van der Waals surface area contributed by atoms with Crippen LogP contribution in [0.15, 0.2) is 30.6 Å².